The summed E-state index contributed by atoms with van der Waals surface area (Å²) < 4.78 is 0. The number of amides is 1. The summed E-state index contributed by atoms with van der Waals surface area (Å²) in [6.45, 7) is 4.00. The molecule has 2 aliphatic rings. The van der Waals surface area contributed by atoms with E-state index in [1.165, 1.54) is 19.3 Å². The zero-order valence-electron chi connectivity index (χ0n) is 14.7. The lowest BCUT2D eigenvalue weighted by atomic mass is 10.0. The number of nitrogens with zero attached hydrogens (tertiary/aromatic N) is 3. The second-order valence-corrected chi connectivity index (χ2v) is 7.03. The summed E-state index contributed by atoms with van der Waals surface area (Å²) in [5, 5.41) is 0. The van der Waals surface area contributed by atoms with Crippen molar-refractivity contribution in [1.82, 2.24) is 9.88 Å². The fourth-order valence-corrected chi connectivity index (χ4v) is 3.77. The number of anilines is 1. The van der Waals surface area contributed by atoms with Gasteiger partial charge in [-0.2, -0.15) is 0 Å². The molecule has 3 heterocycles. The van der Waals surface area contributed by atoms with Crippen molar-refractivity contribution >= 4 is 11.7 Å². The standard InChI is InChI=1S/C21H25N3O/c25-21(24-14-4-5-15-24)18-8-6-17(7-9-18)19-10-11-20(22-16-19)23-12-2-1-3-13-23/h6-11,16H,1-5,12-15H2. The first-order valence-corrected chi connectivity index (χ1v) is 9.42. The van der Waals surface area contributed by atoms with E-state index >= 15 is 0 Å². The Morgan fingerprint density at radius 2 is 1.40 bits per heavy atom. The maximum Gasteiger partial charge on any atom is 0.253 e. The predicted molar refractivity (Wildman–Crippen MR) is 101 cm³/mol. The van der Waals surface area contributed by atoms with Crippen LogP contribution in [-0.2, 0) is 0 Å². The Bertz CT molecular complexity index is 712. The summed E-state index contributed by atoms with van der Waals surface area (Å²) in [4.78, 5) is 21.4. The first-order chi connectivity index (χ1) is 12.3. The molecule has 0 saturated carbocycles. The molecule has 0 N–H and O–H groups in total. The normalized spacial score (nSPS) is 17.8. The number of likely N-dealkylation sites (tertiary alicyclic amines) is 1. The molecule has 0 bridgehead atoms. The summed E-state index contributed by atoms with van der Waals surface area (Å²) in [6.07, 6.45) is 8.04. The van der Waals surface area contributed by atoms with Crippen molar-refractivity contribution in [2.45, 2.75) is 32.1 Å². The van der Waals surface area contributed by atoms with Crippen molar-refractivity contribution in [2.24, 2.45) is 0 Å². The summed E-state index contributed by atoms with van der Waals surface area (Å²) in [5.41, 5.74) is 2.99. The first kappa shape index (κ1) is 16.1. The van der Waals surface area contributed by atoms with Crippen LogP contribution in [0.25, 0.3) is 11.1 Å². The van der Waals surface area contributed by atoms with E-state index in [-0.39, 0.29) is 5.91 Å². The van der Waals surface area contributed by atoms with Crippen LogP contribution in [0, 0.1) is 0 Å². The molecule has 4 heteroatoms. The van der Waals surface area contributed by atoms with Crippen molar-refractivity contribution in [2.75, 3.05) is 31.1 Å². The van der Waals surface area contributed by atoms with Crippen LogP contribution in [-0.4, -0.2) is 42.0 Å². The van der Waals surface area contributed by atoms with Crippen LogP contribution < -0.4 is 4.90 Å². The summed E-state index contributed by atoms with van der Waals surface area (Å²) in [5.74, 6) is 1.23. The van der Waals surface area contributed by atoms with E-state index in [1.807, 2.05) is 35.4 Å². The summed E-state index contributed by atoms with van der Waals surface area (Å²) in [6, 6.07) is 12.2. The number of hydrogen-bond acceptors (Lipinski definition) is 3. The zero-order valence-corrected chi connectivity index (χ0v) is 14.7. The van der Waals surface area contributed by atoms with Crippen LogP contribution >= 0.6 is 0 Å². The monoisotopic (exact) mass is 335 g/mol. The second-order valence-electron chi connectivity index (χ2n) is 7.03. The van der Waals surface area contributed by atoms with Crippen LogP contribution in [0.3, 0.4) is 0 Å². The third kappa shape index (κ3) is 3.53. The molecule has 2 aromatic rings. The molecule has 130 valence electrons. The van der Waals surface area contributed by atoms with Crippen molar-refractivity contribution in [3.05, 3.63) is 48.2 Å². The number of carbonyl (C=O) groups excluding carboxylic acids is 1. The minimum Gasteiger partial charge on any atom is -0.357 e. The van der Waals surface area contributed by atoms with Gasteiger partial charge in [-0.25, -0.2) is 4.98 Å². The van der Waals surface area contributed by atoms with Crippen molar-refractivity contribution < 1.29 is 4.79 Å². The molecule has 4 rings (SSSR count). The molecule has 1 aromatic heterocycles. The molecule has 25 heavy (non-hydrogen) atoms. The summed E-state index contributed by atoms with van der Waals surface area (Å²) >= 11 is 0. The van der Waals surface area contributed by atoms with Crippen LogP contribution in [0.1, 0.15) is 42.5 Å². The Morgan fingerprint density at radius 3 is 2.04 bits per heavy atom. The van der Waals surface area contributed by atoms with Crippen LogP contribution in [0.2, 0.25) is 0 Å². The van der Waals surface area contributed by atoms with Gasteiger partial charge in [0.2, 0.25) is 0 Å². The van der Waals surface area contributed by atoms with Gasteiger partial charge in [-0.05, 0) is 61.9 Å². The average molecular weight is 335 g/mol. The lowest BCUT2D eigenvalue weighted by Crippen LogP contribution is -2.29. The Kier molecular flexibility index (Phi) is 4.68. The first-order valence-electron chi connectivity index (χ1n) is 9.42. The number of hydrogen-bond donors (Lipinski definition) is 0. The van der Waals surface area contributed by atoms with Gasteiger partial charge < -0.3 is 9.80 Å². The maximum atomic E-state index is 12.4. The topological polar surface area (TPSA) is 36.4 Å². The largest absolute Gasteiger partial charge is 0.357 e. The van der Waals surface area contributed by atoms with E-state index in [2.05, 4.69) is 22.0 Å². The highest BCUT2D eigenvalue weighted by Gasteiger charge is 2.19. The van der Waals surface area contributed by atoms with E-state index in [1.54, 1.807) is 0 Å². The molecule has 2 fully saturated rings. The summed E-state index contributed by atoms with van der Waals surface area (Å²) in [7, 11) is 0. The van der Waals surface area contributed by atoms with Crippen molar-refractivity contribution in [1.29, 1.82) is 0 Å². The molecule has 2 aliphatic heterocycles. The Hall–Kier alpha value is -2.36. The number of benzene rings is 1. The minimum atomic E-state index is 0.155. The van der Waals surface area contributed by atoms with Crippen molar-refractivity contribution in [3.8, 4) is 11.1 Å². The quantitative estimate of drug-likeness (QED) is 0.851. The SMILES string of the molecule is O=C(c1ccc(-c2ccc(N3CCCCC3)nc2)cc1)N1CCCC1. The second kappa shape index (κ2) is 7.26. The Balaban J connectivity index is 1.47. The maximum absolute atomic E-state index is 12.4. The smallest absolute Gasteiger partial charge is 0.253 e. The van der Waals surface area contributed by atoms with Crippen LogP contribution in [0.5, 0.6) is 0 Å². The van der Waals surface area contributed by atoms with Gasteiger partial charge in [0.05, 0.1) is 0 Å². The van der Waals surface area contributed by atoms with Gasteiger partial charge in [0.15, 0.2) is 0 Å². The van der Waals surface area contributed by atoms with Gasteiger partial charge in [0.1, 0.15) is 5.82 Å². The molecule has 2 saturated heterocycles. The molecular formula is C21H25N3O. The third-order valence-corrected chi connectivity index (χ3v) is 5.29. The number of aromatic nitrogens is 1. The minimum absolute atomic E-state index is 0.155. The number of pyridine rings is 1. The highest BCUT2D eigenvalue weighted by molar-refractivity contribution is 5.94. The van der Waals surface area contributed by atoms with E-state index in [9.17, 15) is 4.79 Å². The molecule has 1 aromatic carbocycles. The van der Waals surface area contributed by atoms with Crippen molar-refractivity contribution in [3.63, 3.8) is 0 Å². The Labute approximate surface area is 149 Å². The Morgan fingerprint density at radius 1 is 0.760 bits per heavy atom. The van der Waals surface area contributed by atoms with Gasteiger partial charge in [0.25, 0.3) is 5.91 Å². The van der Waals surface area contributed by atoms with Gasteiger partial charge >= 0.3 is 0 Å². The van der Waals surface area contributed by atoms with E-state index < -0.39 is 0 Å². The number of piperidine rings is 1. The molecule has 1 amide bonds. The zero-order chi connectivity index (χ0) is 17.1. The van der Waals surface area contributed by atoms with Gasteiger partial charge in [-0.3, -0.25) is 4.79 Å². The van der Waals surface area contributed by atoms with E-state index in [0.717, 1.165) is 61.5 Å². The third-order valence-electron chi connectivity index (χ3n) is 5.29. The average Bonchev–Trinajstić information content (AvgIpc) is 3.23. The van der Waals surface area contributed by atoms with E-state index in [0.29, 0.717) is 0 Å². The predicted octanol–water partition coefficient (Wildman–Crippen LogP) is 3.97. The highest BCUT2D eigenvalue weighted by atomic mass is 16.2. The molecule has 0 unspecified atom stereocenters. The fourth-order valence-electron chi connectivity index (χ4n) is 3.77. The van der Waals surface area contributed by atoms with E-state index in [4.69, 9.17) is 0 Å². The molecule has 0 spiro atoms. The molecule has 4 nitrogen and oxygen atoms in total. The number of carbonyl (C=O) groups is 1. The molecule has 0 radical (unpaired) electrons. The van der Waals surface area contributed by atoms with Gasteiger partial charge in [-0.1, -0.05) is 12.1 Å². The number of rotatable bonds is 3. The lowest BCUT2D eigenvalue weighted by molar-refractivity contribution is 0.0793. The highest BCUT2D eigenvalue weighted by Crippen LogP contribution is 2.24. The fraction of sp³-hybridized carbons (Fsp3) is 0.429. The van der Waals surface area contributed by atoms with Gasteiger partial charge in [-0.15, -0.1) is 0 Å². The lowest BCUT2D eigenvalue weighted by Gasteiger charge is -2.27. The molecule has 0 atom stereocenters. The molecular weight excluding hydrogens is 310 g/mol. The van der Waals surface area contributed by atoms with Crippen LogP contribution in [0.4, 0.5) is 5.82 Å². The molecule has 0 aliphatic carbocycles. The van der Waals surface area contributed by atoms with Gasteiger partial charge in [0, 0.05) is 43.5 Å². The van der Waals surface area contributed by atoms with Crippen LogP contribution in [0.15, 0.2) is 42.6 Å².